The van der Waals surface area contributed by atoms with Gasteiger partial charge in [-0.3, -0.25) is 0 Å². The Balaban J connectivity index is 4.43. The number of rotatable bonds is 0. The third-order valence-electron chi connectivity index (χ3n) is 0. The van der Waals surface area contributed by atoms with Crippen molar-refractivity contribution in [1.82, 2.24) is 0 Å². The summed E-state index contributed by atoms with van der Waals surface area (Å²) in [7, 11) is 2.91. The first kappa shape index (κ1) is 7.63. The maximum absolute atomic E-state index is 10.4. The summed E-state index contributed by atoms with van der Waals surface area (Å²) < 4.78 is 51.8. The van der Waals surface area contributed by atoms with Crippen LogP contribution in [-0.4, -0.2) is 0 Å². The third kappa shape index (κ3) is 360. The standard InChI is InChI=1S/ClH.5FH.W/h6*1H;/q;;;;;;+6/p-6. The van der Waals surface area contributed by atoms with E-state index in [0.29, 0.717) is 0 Å². The molecule has 0 saturated carbocycles. The molecular formula is ClF5W. The second-order valence-electron chi connectivity index (χ2n) is 0.875. The van der Waals surface area contributed by atoms with E-state index < -0.39 is 15.1 Å². The average molecular weight is 314 g/mol. The van der Waals surface area contributed by atoms with Crippen molar-refractivity contribution < 1.29 is 30.9 Å². The van der Waals surface area contributed by atoms with Crippen LogP contribution in [0, 0.1) is 0 Å². The molecule has 0 aliphatic carbocycles. The Morgan fingerprint density at radius 1 is 0.857 bits per heavy atom. The SMILES string of the molecule is [F][W]([F])([F])([F])([F])[Cl]. The second kappa shape index (κ2) is 0.860. The monoisotopic (exact) mass is 314 g/mol. The van der Waals surface area contributed by atoms with Crippen molar-refractivity contribution >= 4 is 9.42 Å². The van der Waals surface area contributed by atoms with E-state index in [2.05, 4.69) is 9.42 Å². The van der Waals surface area contributed by atoms with Crippen LogP contribution in [0.3, 0.4) is 0 Å². The van der Waals surface area contributed by atoms with Crippen molar-refractivity contribution in [2.75, 3.05) is 0 Å². The van der Waals surface area contributed by atoms with Gasteiger partial charge >= 0.3 is 40.3 Å². The zero-order valence-electron chi connectivity index (χ0n) is 2.68. The van der Waals surface area contributed by atoms with Crippen LogP contribution in [0.1, 0.15) is 0 Å². The van der Waals surface area contributed by atoms with Crippen LogP contribution in [-0.2, 0) is 15.1 Å². The molecule has 0 N–H and O–H groups in total. The first-order valence-electron chi connectivity index (χ1n) is 0.926. The molecule has 0 aromatic rings. The molecule has 0 heterocycles. The molecule has 0 aromatic carbocycles. The normalized spacial score (nSPS) is 23.1. The number of hydrogen-bond donors (Lipinski definition) is 0. The summed E-state index contributed by atoms with van der Waals surface area (Å²) >= 11 is -10.3. The zero-order valence-corrected chi connectivity index (χ0v) is 6.37. The van der Waals surface area contributed by atoms with Crippen molar-refractivity contribution in [2.45, 2.75) is 0 Å². The minimum absolute atomic E-state index is 2.91. The quantitative estimate of drug-likeness (QED) is 0.603. The molecule has 0 fully saturated rings. The minimum atomic E-state index is -10.3. The molecule has 48 valence electrons. The van der Waals surface area contributed by atoms with Gasteiger partial charge in [0.05, 0.1) is 0 Å². The van der Waals surface area contributed by atoms with E-state index in [1.807, 2.05) is 0 Å². The van der Waals surface area contributed by atoms with E-state index in [9.17, 15) is 15.8 Å². The molecule has 0 saturated heterocycles. The summed E-state index contributed by atoms with van der Waals surface area (Å²) in [5.41, 5.74) is 0. The molecule has 0 amide bonds. The molecular weight excluding hydrogens is 314 g/mol. The number of halogens is 6. The molecule has 0 bridgehead atoms. The van der Waals surface area contributed by atoms with E-state index in [1.165, 1.54) is 0 Å². The van der Waals surface area contributed by atoms with E-state index >= 15 is 0 Å². The zero-order chi connectivity index (χ0) is 6.41. The maximum atomic E-state index is 10.4. The summed E-state index contributed by atoms with van der Waals surface area (Å²) in [5.74, 6) is 0. The molecule has 0 unspecified atom stereocenters. The van der Waals surface area contributed by atoms with Crippen LogP contribution in [0.15, 0.2) is 0 Å². The Labute approximate surface area is 40.9 Å². The topological polar surface area (TPSA) is 0 Å². The Hall–Kier alpha value is 0.628. The number of hydrogen-bond acceptors (Lipinski definition) is 0. The van der Waals surface area contributed by atoms with Crippen molar-refractivity contribution in [1.29, 1.82) is 0 Å². The molecule has 7 heavy (non-hydrogen) atoms. The van der Waals surface area contributed by atoms with Crippen LogP contribution in [0.2, 0.25) is 0 Å². The van der Waals surface area contributed by atoms with E-state index in [-0.39, 0.29) is 0 Å². The van der Waals surface area contributed by atoms with Crippen LogP contribution >= 0.6 is 9.42 Å². The van der Waals surface area contributed by atoms with Gasteiger partial charge in [0.25, 0.3) is 0 Å². The van der Waals surface area contributed by atoms with Gasteiger partial charge in [0, 0.05) is 0 Å². The van der Waals surface area contributed by atoms with Gasteiger partial charge in [0.1, 0.15) is 0 Å². The first-order valence-corrected chi connectivity index (χ1v) is 10.1. The summed E-state index contributed by atoms with van der Waals surface area (Å²) in [4.78, 5) is 0. The van der Waals surface area contributed by atoms with Crippen LogP contribution in [0.25, 0.3) is 0 Å². The van der Waals surface area contributed by atoms with Gasteiger partial charge in [-0.05, 0) is 0 Å². The second-order valence-corrected chi connectivity index (χ2v) is 11.9. The van der Waals surface area contributed by atoms with Crippen molar-refractivity contribution in [3.05, 3.63) is 0 Å². The van der Waals surface area contributed by atoms with Gasteiger partial charge in [0.15, 0.2) is 0 Å². The van der Waals surface area contributed by atoms with Gasteiger partial charge in [-0.1, -0.05) is 0 Å². The van der Waals surface area contributed by atoms with Gasteiger partial charge in [0.2, 0.25) is 0 Å². The van der Waals surface area contributed by atoms with Gasteiger partial charge in [-0.25, -0.2) is 0 Å². The molecule has 0 radical (unpaired) electrons. The summed E-state index contributed by atoms with van der Waals surface area (Å²) in [5, 5.41) is 0. The summed E-state index contributed by atoms with van der Waals surface area (Å²) in [6.45, 7) is 0. The van der Waals surface area contributed by atoms with E-state index in [4.69, 9.17) is 0 Å². The van der Waals surface area contributed by atoms with E-state index in [1.54, 1.807) is 0 Å². The van der Waals surface area contributed by atoms with Crippen LogP contribution < -0.4 is 0 Å². The van der Waals surface area contributed by atoms with Crippen molar-refractivity contribution in [3.8, 4) is 0 Å². The average Bonchev–Trinajstić information content (AvgIpc) is 0.592. The Morgan fingerprint density at radius 2 is 0.857 bits per heavy atom. The molecule has 0 nitrogen and oxygen atoms in total. The first-order chi connectivity index (χ1) is 2.45. The predicted molar refractivity (Wildman–Crippen MR) is 11.4 cm³/mol. The fourth-order valence-corrected chi connectivity index (χ4v) is 0. The third-order valence-corrected chi connectivity index (χ3v) is 0. The molecule has 0 rings (SSSR count). The molecule has 0 aliphatic rings. The molecule has 0 aromatic heterocycles. The molecule has 7 heteroatoms. The van der Waals surface area contributed by atoms with Gasteiger partial charge < -0.3 is 0 Å². The Morgan fingerprint density at radius 3 is 0.857 bits per heavy atom. The fraction of sp³-hybridized carbons (Fsp3) is 0. The van der Waals surface area contributed by atoms with Crippen molar-refractivity contribution in [2.24, 2.45) is 0 Å². The van der Waals surface area contributed by atoms with Crippen molar-refractivity contribution in [3.63, 3.8) is 0 Å². The van der Waals surface area contributed by atoms with Crippen LogP contribution in [0.5, 0.6) is 0 Å². The predicted octanol–water partition coefficient (Wildman–Crippen LogP) is 2.79. The van der Waals surface area contributed by atoms with Crippen LogP contribution in [0.4, 0.5) is 15.8 Å². The van der Waals surface area contributed by atoms with Gasteiger partial charge in [-0.15, -0.1) is 0 Å². The molecule has 0 atom stereocenters. The van der Waals surface area contributed by atoms with E-state index in [0.717, 1.165) is 0 Å². The summed E-state index contributed by atoms with van der Waals surface area (Å²) in [6.07, 6.45) is 0. The van der Waals surface area contributed by atoms with Gasteiger partial charge in [-0.2, -0.15) is 0 Å². The molecule has 0 aliphatic heterocycles. The Bertz CT molecular complexity index is 66.6. The fourth-order valence-electron chi connectivity index (χ4n) is 0. The summed E-state index contributed by atoms with van der Waals surface area (Å²) in [6, 6.07) is 0. The Kier molecular flexibility index (Phi) is 0.937. The molecule has 0 spiro atoms.